The number of nitrogens with one attached hydrogen (secondary N) is 2. The Balaban J connectivity index is 4.22. The molecule has 0 fully saturated rings. The molecule has 0 rings (SSSR count). The summed E-state index contributed by atoms with van der Waals surface area (Å²) in [6.45, 7) is 0.478. The molecule has 14 heavy (non-hydrogen) atoms. The molecular formula is C6H11N3O3W2+2. The predicted molar refractivity (Wildman–Crippen MR) is 36.4 cm³/mol. The molecule has 6 nitrogen and oxygen atoms in total. The number of amides is 1. The van der Waals surface area contributed by atoms with Crippen molar-refractivity contribution in [3.8, 4) is 0 Å². The minimum atomic E-state index is -0.943. The molecule has 0 radical (unpaired) electrons. The van der Waals surface area contributed by atoms with Gasteiger partial charge in [-0.25, -0.2) is 0 Å². The van der Waals surface area contributed by atoms with Crippen LogP contribution in [-0.4, -0.2) is 46.2 Å². The van der Waals surface area contributed by atoms with Gasteiger partial charge in [0.05, 0.1) is 0 Å². The summed E-state index contributed by atoms with van der Waals surface area (Å²) < 4.78 is 4.28. The van der Waals surface area contributed by atoms with Crippen molar-refractivity contribution in [2.24, 2.45) is 0 Å². The minimum absolute atomic E-state index is 0.0727. The van der Waals surface area contributed by atoms with Gasteiger partial charge in [0.2, 0.25) is 0 Å². The molecule has 0 spiro atoms. The van der Waals surface area contributed by atoms with E-state index in [0.717, 1.165) is 39.3 Å². The topological polar surface area (TPSA) is 83.4 Å². The van der Waals surface area contributed by atoms with Crippen molar-refractivity contribution in [1.29, 1.82) is 0 Å². The fourth-order valence-corrected chi connectivity index (χ4v) is 1.92. The van der Waals surface area contributed by atoms with E-state index in [-0.39, 0.29) is 19.0 Å². The number of aliphatic carboxylic acids is 1. The van der Waals surface area contributed by atoms with Crippen LogP contribution in [0, 0.1) is 0 Å². The second kappa shape index (κ2) is 7.38. The molecule has 0 aromatic rings. The van der Waals surface area contributed by atoms with Gasteiger partial charge in [-0.1, -0.05) is 0 Å². The number of nitrogens with zero attached hydrogens (tertiary/aromatic N) is 1. The van der Waals surface area contributed by atoms with E-state index in [1.54, 1.807) is 7.05 Å². The average Bonchev–Trinajstić information content (AvgIpc) is 2.13. The molecule has 0 aromatic heterocycles. The third kappa shape index (κ3) is 5.08. The van der Waals surface area contributed by atoms with Gasteiger partial charge in [-0.2, -0.15) is 0 Å². The van der Waals surface area contributed by atoms with Gasteiger partial charge in [0.25, 0.3) is 0 Å². The molecule has 1 atom stereocenters. The Kier molecular flexibility index (Phi) is 7.42. The first-order chi connectivity index (χ1) is 6.52. The Morgan fingerprint density at radius 3 is 2.57 bits per heavy atom. The molecule has 1 unspecified atom stereocenters. The van der Waals surface area contributed by atoms with E-state index < -0.39 is 12.0 Å². The first-order valence-electron chi connectivity index (χ1n) is 3.75. The molecule has 0 bridgehead atoms. The summed E-state index contributed by atoms with van der Waals surface area (Å²) in [5.41, 5.74) is 0. The number of carboxylic acid groups (broad SMARTS) is 1. The van der Waals surface area contributed by atoms with E-state index in [1.807, 2.05) is 0 Å². The van der Waals surface area contributed by atoms with Crippen molar-refractivity contribution in [2.75, 3.05) is 20.1 Å². The van der Waals surface area contributed by atoms with Crippen LogP contribution in [0.5, 0.6) is 0 Å². The molecular weight excluding hydrogens is 530 g/mol. The standard InChI is InChI=1S/C6H12N3O3.2W/c1-8-4(6(11)12)3-9-5(10)2-7;;/h4,7-8H,2-3H2,1H3,(H2,9,10,11,12);;/q-1;2*+2/p-1. The summed E-state index contributed by atoms with van der Waals surface area (Å²) in [7, 11) is 1.56. The van der Waals surface area contributed by atoms with E-state index in [1.165, 1.54) is 3.08 Å². The van der Waals surface area contributed by atoms with Crippen LogP contribution in [0.1, 0.15) is 0 Å². The number of rotatable bonds is 6. The summed E-state index contributed by atoms with van der Waals surface area (Å²) in [6.07, 6.45) is 0. The third-order valence-corrected chi connectivity index (χ3v) is 3.28. The van der Waals surface area contributed by atoms with Gasteiger partial charge < -0.3 is 0 Å². The molecule has 3 N–H and O–H groups in total. The second-order valence-electron chi connectivity index (χ2n) is 2.46. The molecule has 8 heteroatoms. The van der Waals surface area contributed by atoms with Gasteiger partial charge in [0, 0.05) is 0 Å². The van der Waals surface area contributed by atoms with E-state index in [0.29, 0.717) is 0 Å². The number of carbonyl (C=O) groups is 2. The SMILES string of the molecule is CNC(C[N+](=[W])C(=O)C[NH+]=[W])C(=O)O. The number of hydrogen-bond acceptors (Lipinski definition) is 3. The van der Waals surface area contributed by atoms with Gasteiger partial charge in [0.15, 0.2) is 0 Å². The number of carboxylic acids is 1. The Morgan fingerprint density at radius 1 is 1.64 bits per heavy atom. The van der Waals surface area contributed by atoms with E-state index >= 15 is 0 Å². The van der Waals surface area contributed by atoms with Crippen LogP contribution in [0.2, 0.25) is 0 Å². The van der Waals surface area contributed by atoms with Crippen molar-refractivity contribution in [2.45, 2.75) is 6.04 Å². The average molecular weight is 541 g/mol. The molecule has 0 aliphatic rings. The molecule has 0 aromatic carbocycles. The van der Waals surface area contributed by atoms with Gasteiger partial charge in [-0.15, -0.1) is 0 Å². The zero-order chi connectivity index (χ0) is 11.1. The molecule has 0 saturated heterocycles. The van der Waals surface area contributed by atoms with Crippen LogP contribution in [-0.2, 0) is 48.9 Å². The van der Waals surface area contributed by atoms with E-state index in [2.05, 4.69) is 8.81 Å². The Hall–Kier alpha value is 0.0766. The van der Waals surface area contributed by atoms with Gasteiger partial charge in [0.1, 0.15) is 0 Å². The van der Waals surface area contributed by atoms with Crippen molar-refractivity contribution in [3.05, 3.63) is 0 Å². The van der Waals surface area contributed by atoms with Crippen LogP contribution in [0.25, 0.3) is 0 Å². The van der Waals surface area contributed by atoms with Crippen molar-refractivity contribution in [3.63, 3.8) is 0 Å². The Morgan fingerprint density at radius 2 is 2.21 bits per heavy atom. The van der Waals surface area contributed by atoms with Gasteiger partial charge in [-0.05, 0) is 0 Å². The van der Waals surface area contributed by atoms with Crippen LogP contribution < -0.4 is 8.81 Å². The third-order valence-electron chi connectivity index (χ3n) is 1.50. The van der Waals surface area contributed by atoms with Crippen molar-refractivity contribution in [1.82, 2.24) is 5.32 Å². The number of carbonyl (C=O) groups excluding carboxylic acids is 1. The number of hydrogen-bond donors (Lipinski definition) is 3. The molecule has 0 aliphatic carbocycles. The first-order valence-corrected chi connectivity index (χ1v) is 6.53. The van der Waals surface area contributed by atoms with E-state index in [4.69, 9.17) is 5.11 Å². The summed E-state index contributed by atoms with van der Waals surface area (Å²) in [5.74, 6) is -1.02. The normalized spacial score (nSPS) is 11.8. The van der Waals surface area contributed by atoms with Gasteiger partial charge in [-0.3, -0.25) is 0 Å². The van der Waals surface area contributed by atoms with Crippen LogP contribution in [0.4, 0.5) is 0 Å². The monoisotopic (exact) mass is 541 g/mol. The summed E-state index contributed by atoms with van der Waals surface area (Å²) >= 11 is 2.08. The van der Waals surface area contributed by atoms with Crippen LogP contribution >= 0.6 is 0 Å². The Labute approximate surface area is 104 Å². The van der Waals surface area contributed by atoms with Crippen LogP contribution in [0.15, 0.2) is 0 Å². The predicted octanol–water partition coefficient (Wildman–Crippen LogP) is -3.26. The van der Waals surface area contributed by atoms with Crippen LogP contribution in [0.3, 0.4) is 0 Å². The zero-order valence-electron chi connectivity index (χ0n) is 7.52. The fourth-order valence-electron chi connectivity index (χ4n) is 0.710. The van der Waals surface area contributed by atoms with Gasteiger partial charge >= 0.3 is 104 Å². The molecule has 1 amide bonds. The summed E-state index contributed by atoms with van der Waals surface area (Å²) in [4.78, 5) is 21.9. The first kappa shape index (κ1) is 14.1. The molecule has 78 valence electrons. The summed E-state index contributed by atoms with van der Waals surface area (Å²) in [5, 5.41) is 11.4. The number of likely N-dealkylation sites (N-methyl/N-ethyl adjacent to an activating group) is 1. The molecule has 0 saturated carbocycles. The zero-order valence-corrected chi connectivity index (χ0v) is 13.4. The Bertz CT molecular complexity index is 269. The maximum absolute atomic E-state index is 11.3. The maximum atomic E-state index is 11.3. The quantitative estimate of drug-likeness (QED) is 0.330. The fraction of sp³-hybridized carbons (Fsp3) is 0.667. The summed E-state index contributed by atoms with van der Waals surface area (Å²) in [6, 6.07) is -0.694. The molecule has 0 aliphatic heterocycles. The van der Waals surface area contributed by atoms with Crippen molar-refractivity contribution < 1.29 is 60.5 Å². The molecule has 0 heterocycles. The second-order valence-corrected chi connectivity index (χ2v) is 5.08. The van der Waals surface area contributed by atoms with E-state index in [9.17, 15) is 9.59 Å². The van der Waals surface area contributed by atoms with Crippen molar-refractivity contribution >= 4 is 11.9 Å².